The van der Waals surface area contributed by atoms with Crippen molar-refractivity contribution in [3.8, 4) is 11.1 Å². The Morgan fingerprint density at radius 2 is 1.84 bits per heavy atom. The quantitative estimate of drug-likeness (QED) is 0.501. The Bertz CT molecular complexity index is 1310. The van der Waals surface area contributed by atoms with Crippen LogP contribution in [0.3, 0.4) is 0 Å². The van der Waals surface area contributed by atoms with E-state index >= 15 is 0 Å². The summed E-state index contributed by atoms with van der Waals surface area (Å²) in [6.07, 6.45) is 5.42. The molecule has 1 fully saturated rings. The predicted molar refractivity (Wildman–Crippen MR) is 146 cm³/mol. The molecule has 2 aliphatic rings. The van der Waals surface area contributed by atoms with Crippen molar-refractivity contribution in [2.75, 3.05) is 6.54 Å². The van der Waals surface area contributed by atoms with Crippen molar-refractivity contribution in [3.63, 3.8) is 0 Å². The summed E-state index contributed by atoms with van der Waals surface area (Å²) in [6.45, 7) is 9.66. The first-order valence-electron chi connectivity index (χ1n) is 13.1. The minimum Gasteiger partial charge on any atom is -0.352 e. The molecule has 6 nitrogen and oxygen atoms in total. The smallest absolute Gasteiger partial charge is 0.318 e. The average molecular weight is 497 g/mol. The van der Waals surface area contributed by atoms with Crippen LogP contribution in [0.5, 0.6) is 0 Å². The van der Waals surface area contributed by atoms with Crippen molar-refractivity contribution < 1.29 is 9.59 Å². The van der Waals surface area contributed by atoms with Gasteiger partial charge < -0.3 is 15.5 Å². The zero-order valence-corrected chi connectivity index (χ0v) is 22.2. The normalized spacial score (nSPS) is 18.6. The number of carbonyl (C=O) groups is 2. The Kier molecular flexibility index (Phi) is 6.76. The van der Waals surface area contributed by atoms with E-state index in [1.807, 2.05) is 63.2 Å². The minimum atomic E-state index is -0.303. The largest absolute Gasteiger partial charge is 0.352 e. The zero-order valence-electron chi connectivity index (χ0n) is 22.2. The number of aromatic nitrogens is 1. The van der Waals surface area contributed by atoms with E-state index in [1.165, 1.54) is 11.1 Å². The first-order valence-corrected chi connectivity index (χ1v) is 13.1. The van der Waals surface area contributed by atoms with Crippen molar-refractivity contribution in [1.29, 1.82) is 0 Å². The van der Waals surface area contributed by atoms with Gasteiger partial charge in [-0.2, -0.15) is 0 Å². The van der Waals surface area contributed by atoms with Gasteiger partial charge in [0.25, 0.3) is 0 Å². The second-order valence-corrected chi connectivity index (χ2v) is 11.4. The van der Waals surface area contributed by atoms with Gasteiger partial charge in [-0.15, -0.1) is 0 Å². The average Bonchev–Trinajstić information content (AvgIpc) is 3.67. The monoisotopic (exact) mass is 496 g/mol. The molecule has 5 rings (SSSR count). The van der Waals surface area contributed by atoms with E-state index in [4.69, 9.17) is 0 Å². The lowest BCUT2D eigenvalue weighted by Gasteiger charge is -2.34. The highest BCUT2D eigenvalue weighted by molar-refractivity contribution is 5.83. The third-order valence-corrected chi connectivity index (χ3v) is 7.27. The van der Waals surface area contributed by atoms with Gasteiger partial charge in [-0.3, -0.25) is 9.78 Å². The number of amides is 3. The second-order valence-electron chi connectivity index (χ2n) is 11.4. The van der Waals surface area contributed by atoms with Crippen molar-refractivity contribution in [3.05, 3.63) is 88.7 Å². The van der Waals surface area contributed by atoms with Gasteiger partial charge >= 0.3 is 6.03 Å². The number of urea groups is 1. The van der Waals surface area contributed by atoms with Crippen LogP contribution in [-0.2, 0) is 24.3 Å². The van der Waals surface area contributed by atoms with Gasteiger partial charge in [-0.1, -0.05) is 42.5 Å². The van der Waals surface area contributed by atoms with Crippen molar-refractivity contribution in [1.82, 2.24) is 20.5 Å². The third kappa shape index (κ3) is 5.68. The van der Waals surface area contributed by atoms with E-state index in [0.29, 0.717) is 25.6 Å². The lowest BCUT2D eigenvalue weighted by Crippen LogP contribution is -2.50. The lowest BCUT2D eigenvalue weighted by atomic mass is 9.87. The molecule has 6 heteroatoms. The summed E-state index contributed by atoms with van der Waals surface area (Å²) in [5, 5.41) is 6.29. The Balaban J connectivity index is 1.38. The van der Waals surface area contributed by atoms with Gasteiger partial charge in [-0.05, 0) is 85.9 Å². The fourth-order valence-electron chi connectivity index (χ4n) is 5.32. The van der Waals surface area contributed by atoms with E-state index in [1.54, 1.807) is 0 Å². The Morgan fingerprint density at radius 3 is 2.57 bits per heavy atom. The highest BCUT2D eigenvalue weighted by atomic mass is 16.2. The van der Waals surface area contributed by atoms with E-state index < -0.39 is 0 Å². The fraction of sp³-hybridized carbons (Fsp3) is 0.387. The summed E-state index contributed by atoms with van der Waals surface area (Å²) in [5.41, 5.74) is 7.73. The topological polar surface area (TPSA) is 74.3 Å². The van der Waals surface area contributed by atoms with Crippen LogP contribution in [0.4, 0.5) is 4.79 Å². The van der Waals surface area contributed by atoms with Crippen LogP contribution in [0.15, 0.2) is 60.9 Å². The number of pyridine rings is 1. The van der Waals surface area contributed by atoms with Crippen molar-refractivity contribution in [2.24, 2.45) is 5.92 Å². The molecule has 192 valence electrons. The van der Waals surface area contributed by atoms with Crippen LogP contribution in [-0.4, -0.2) is 33.9 Å². The molecular formula is C31H36N4O2. The number of nitrogens with zero attached hydrogens (tertiary/aromatic N) is 2. The summed E-state index contributed by atoms with van der Waals surface area (Å²) < 4.78 is 0. The molecular weight excluding hydrogens is 460 g/mol. The number of carbonyl (C=O) groups excluding carboxylic acids is 2. The van der Waals surface area contributed by atoms with Gasteiger partial charge in [0.1, 0.15) is 0 Å². The standard InChI is InChI=1S/C31H36N4O2/c1-20-14-23(17-32-16-20)24-11-10-22(18-33-29(36)27-15-26(27)21-8-6-5-7-9-21)28-19-35(13-12-25(24)28)30(37)34-31(2,3)4/h5-11,14,16-17,26-27H,12-13,15,18-19H2,1-4H3,(H,33,36)(H,34,37). The summed E-state index contributed by atoms with van der Waals surface area (Å²) in [4.78, 5) is 32.3. The minimum absolute atomic E-state index is 0.0323. The molecule has 0 saturated heterocycles. The maximum absolute atomic E-state index is 13.0. The molecule has 37 heavy (non-hydrogen) atoms. The SMILES string of the molecule is Cc1cncc(-c2ccc(CNC(=O)C3CC3c3ccccc3)c3c2CCN(C(=O)NC(C)(C)C)C3)c1. The Morgan fingerprint density at radius 1 is 1.05 bits per heavy atom. The van der Waals surface area contributed by atoms with Crippen LogP contribution < -0.4 is 10.6 Å². The summed E-state index contributed by atoms with van der Waals surface area (Å²) >= 11 is 0. The van der Waals surface area contributed by atoms with Crippen molar-refractivity contribution in [2.45, 2.75) is 65.1 Å². The number of aryl methyl sites for hydroxylation is 1. The molecule has 1 saturated carbocycles. The van der Waals surface area contributed by atoms with Crippen LogP contribution in [0.2, 0.25) is 0 Å². The number of rotatable bonds is 5. The molecule has 0 radical (unpaired) electrons. The Labute approximate surface area is 219 Å². The van der Waals surface area contributed by atoms with Gasteiger partial charge in [-0.25, -0.2) is 4.79 Å². The van der Waals surface area contributed by atoms with Crippen LogP contribution >= 0.6 is 0 Å². The molecule has 2 atom stereocenters. The molecule has 3 aromatic rings. The lowest BCUT2D eigenvalue weighted by molar-refractivity contribution is -0.122. The Hall–Kier alpha value is -3.67. The predicted octanol–water partition coefficient (Wildman–Crippen LogP) is 5.34. The second kappa shape index (κ2) is 10.0. The molecule has 1 aliphatic carbocycles. The van der Waals surface area contributed by atoms with Gasteiger partial charge in [0.15, 0.2) is 0 Å². The number of fused-ring (bicyclic) bond motifs is 1. The van der Waals surface area contributed by atoms with Gasteiger partial charge in [0.2, 0.25) is 5.91 Å². The number of hydrogen-bond acceptors (Lipinski definition) is 3. The third-order valence-electron chi connectivity index (χ3n) is 7.27. The number of hydrogen-bond donors (Lipinski definition) is 2. The molecule has 2 N–H and O–H groups in total. The van der Waals surface area contributed by atoms with Crippen molar-refractivity contribution >= 4 is 11.9 Å². The van der Waals surface area contributed by atoms with E-state index in [9.17, 15) is 9.59 Å². The highest BCUT2D eigenvalue weighted by Gasteiger charge is 2.43. The van der Waals surface area contributed by atoms with Gasteiger partial charge in [0, 0.05) is 49.0 Å². The maximum atomic E-state index is 13.0. The zero-order chi connectivity index (χ0) is 26.2. The molecule has 3 amide bonds. The van der Waals surface area contributed by atoms with Crippen LogP contribution in [0, 0.1) is 12.8 Å². The van der Waals surface area contributed by atoms with Gasteiger partial charge in [0.05, 0.1) is 0 Å². The number of benzene rings is 2. The van der Waals surface area contributed by atoms with E-state index in [-0.39, 0.29) is 23.4 Å². The summed E-state index contributed by atoms with van der Waals surface area (Å²) in [5.74, 6) is 0.445. The molecule has 1 aliphatic heterocycles. The fourth-order valence-corrected chi connectivity index (χ4v) is 5.32. The molecule has 1 aromatic heterocycles. The molecule has 0 spiro atoms. The first-order chi connectivity index (χ1) is 17.7. The van der Waals surface area contributed by atoms with Crippen LogP contribution in [0.1, 0.15) is 60.9 Å². The first kappa shape index (κ1) is 25.0. The van der Waals surface area contributed by atoms with Crippen LogP contribution in [0.25, 0.3) is 11.1 Å². The molecule has 0 bridgehead atoms. The van der Waals surface area contributed by atoms with E-state index in [0.717, 1.165) is 40.7 Å². The summed E-state index contributed by atoms with van der Waals surface area (Å²) in [7, 11) is 0. The maximum Gasteiger partial charge on any atom is 0.318 e. The summed E-state index contributed by atoms with van der Waals surface area (Å²) in [6, 6.07) is 16.6. The molecule has 2 unspecified atom stereocenters. The molecule has 2 heterocycles. The highest BCUT2D eigenvalue weighted by Crippen LogP contribution is 2.47. The molecule has 2 aromatic carbocycles. The van der Waals surface area contributed by atoms with E-state index in [2.05, 4.69) is 45.9 Å². The number of nitrogens with one attached hydrogen (secondary N) is 2.